The first kappa shape index (κ1) is 13.2. The summed E-state index contributed by atoms with van der Waals surface area (Å²) in [6, 6.07) is 0. The Labute approximate surface area is 129 Å². The van der Waals surface area contributed by atoms with E-state index in [1.807, 2.05) is 0 Å². The second-order valence-electron chi connectivity index (χ2n) is 9.41. The lowest BCUT2D eigenvalue weighted by molar-refractivity contribution is -0.0472. The summed E-state index contributed by atoms with van der Waals surface area (Å²) in [4.78, 5) is 0. The largest absolute Gasteiger partial charge is 0.389 e. The van der Waals surface area contributed by atoms with Crippen molar-refractivity contribution < 1.29 is 5.11 Å². The van der Waals surface area contributed by atoms with Gasteiger partial charge in [0.15, 0.2) is 0 Å². The van der Waals surface area contributed by atoms with Gasteiger partial charge in [0.05, 0.1) is 6.10 Å². The molecule has 7 rings (SSSR count). The Hall–Kier alpha value is -0.300. The molecule has 0 aromatic heterocycles. The van der Waals surface area contributed by atoms with E-state index in [1.54, 1.807) is 5.57 Å². The van der Waals surface area contributed by atoms with E-state index >= 15 is 0 Å². The van der Waals surface area contributed by atoms with Gasteiger partial charge in [0.2, 0.25) is 0 Å². The van der Waals surface area contributed by atoms with Crippen molar-refractivity contribution in [1.82, 2.24) is 0 Å². The summed E-state index contributed by atoms with van der Waals surface area (Å²) < 4.78 is 0. The van der Waals surface area contributed by atoms with E-state index in [2.05, 4.69) is 13.8 Å². The Balaban J connectivity index is 1.75. The third kappa shape index (κ3) is 1.43. The van der Waals surface area contributed by atoms with E-state index in [-0.39, 0.29) is 6.10 Å². The quantitative estimate of drug-likeness (QED) is 0.640. The molecule has 1 heteroatoms. The molecule has 7 aliphatic rings. The highest BCUT2D eigenvalue weighted by Gasteiger charge is 2.61. The van der Waals surface area contributed by atoms with Crippen molar-refractivity contribution in [2.45, 2.75) is 77.7 Å². The number of allylic oxidation sites excluding steroid dienone is 1. The normalized spacial score (nSPS) is 58.1. The molecular weight excluding hydrogens is 256 g/mol. The lowest BCUT2D eigenvalue weighted by Crippen LogP contribution is -2.49. The third-order valence-electron chi connectivity index (χ3n) is 9.06. The lowest BCUT2D eigenvalue weighted by Gasteiger charge is -2.57. The molecule has 3 fully saturated rings. The Bertz CT molecular complexity index is 520. The minimum Gasteiger partial charge on any atom is -0.389 e. The molecule has 3 saturated carbocycles. The van der Waals surface area contributed by atoms with Gasteiger partial charge in [0.25, 0.3) is 0 Å². The average Bonchev–Trinajstić information content (AvgIpc) is 2.82. The number of rotatable bonds is 0. The molecule has 21 heavy (non-hydrogen) atoms. The minimum absolute atomic E-state index is 0.107. The fraction of sp³-hybridized carbons (Fsp3) is 0.900. The van der Waals surface area contributed by atoms with Gasteiger partial charge in [0, 0.05) is 0 Å². The van der Waals surface area contributed by atoms with Crippen LogP contribution in [0.5, 0.6) is 0 Å². The van der Waals surface area contributed by atoms with Crippen LogP contribution in [0, 0.1) is 34.5 Å². The fourth-order valence-corrected chi connectivity index (χ4v) is 7.95. The van der Waals surface area contributed by atoms with Crippen LogP contribution in [0.2, 0.25) is 0 Å². The summed E-state index contributed by atoms with van der Waals surface area (Å²) >= 11 is 0. The smallest absolute Gasteiger partial charge is 0.0753 e. The van der Waals surface area contributed by atoms with Gasteiger partial charge in [-0.3, -0.25) is 0 Å². The molecule has 7 atom stereocenters. The first-order valence-electron chi connectivity index (χ1n) is 9.44. The molecule has 0 heterocycles. The van der Waals surface area contributed by atoms with Crippen molar-refractivity contribution in [3.63, 3.8) is 0 Å². The molecular formula is C20H30O. The number of hydrogen-bond acceptors (Lipinski definition) is 1. The molecule has 0 amide bonds. The first-order chi connectivity index (χ1) is 10.0. The highest BCUT2D eigenvalue weighted by atomic mass is 16.3. The van der Waals surface area contributed by atoms with E-state index in [4.69, 9.17) is 0 Å². The van der Waals surface area contributed by atoms with Crippen molar-refractivity contribution in [2.75, 3.05) is 0 Å². The minimum atomic E-state index is -0.107. The Morgan fingerprint density at radius 2 is 1.81 bits per heavy atom. The number of fused-ring (bicyclic) bond motifs is 2. The molecule has 1 nitrogen and oxygen atoms in total. The van der Waals surface area contributed by atoms with Crippen LogP contribution in [-0.2, 0) is 0 Å². The van der Waals surface area contributed by atoms with Crippen molar-refractivity contribution in [3.8, 4) is 0 Å². The summed E-state index contributed by atoms with van der Waals surface area (Å²) in [5, 5.41) is 10.7. The highest BCUT2D eigenvalue weighted by molar-refractivity contribution is 5.34. The molecule has 0 saturated heterocycles. The molecule has 2 unspecified atom stereocenters. The van der Waals surface area contributed by atoms with Crippen LogP contribution >= 0.6 is 0 Å². The maximum absolute atomic E-state index is 10.7. The molecule has 0 aromatic rings. The van der Waals surface area contributed by atoms with Gasteiger partial charge in [0.1, 0.15) is 0 Å². The summed E-state index contributed by atoms with van der Waals surface area (Å²) in [5.74, 6) is 3.79. The highest BCUT2D eigenvalue weighted by Crippen LogP contribution is 2.70. The molecule has 116 valence electrons. The number of aliphatic hydroxyl groups excluding tert-OH is 1. The Kier molecular flexibility index (Phi) is 2.48. The molecule has 7 aliphatic carbocycles. The first-order valence-corrected chi connectivity index (χ1v) is 9.44. The SMILES string of the molecule is C[C@]12CC[C@H](O)C3=C1CC[C@@H]1C2CC[C@]2(C)C(CC[C@@H]12)C3. The second-order valence-corrected chi connectivity index (χ2v) is 9.41. The summed E-state index contributed by atoms with van der Waals surface area (Å²) in [7, 11) is 0. The van der Waals surface area contributed by atoms with Crippen LogP contribution in [0.4, 0.5) is 0 Å². The maximum atomic E-state index is 10.7. The van der Waals surface area contributed by atoms with Gasteiger partial charge in [-0.05, 0) is 97.9 Å². The summed E-state index contributed by atoms with van der Waals surface area (Å²) in [6.45, 7) is 5.20. The zero-order chi connectivity index (χ0) is 14.4. The summed E-state index contributed by atoms with van der Waals surface area (Å²) in [5.41, 5.74) is 4.30. The van der Waals surface area contributed by atoms with E-state index < -0.39 is 0 Å². The average molecular weight is 286 g/mol. The zero-order valence-corrected chi connectivity index (χ0v) is 13.7. The standard InChI is InChI=1S/C20H30O/c1-19-9-7-17-13-4-6-16-14(11-12(19)3-5-15(13)19)18(21)8-10-20(16,17)2/h12-13,15,17-18,21H,3-11H2,1-2H3/t12?,13-,15-,17?,18-,19+,20-/m0/s1. The third-order valence-corrected chi connectivity index (χ3v) is 9.06. The van der Waals surface area contributed by atoms with Crippen molar-refractivity contribution >= 4 is 0 Å². The predicted octanol–water partition coefficient (Wildman–Crippen LogP) is 4.70. The molecule has 8 bridgehead atoms. The van der Waals surface area contributed by atoms with Crippen molar-refractivity contribution in [3.05, 3.63) is 11.1 Å². The second kappa shape index (κ2) is 3.96. The molecule has 1 N–H and O–H groups in total. The summed E-state index contributed by atoms with van der Waals surface area (Å²) in [6.07, 6.45) is 12.0. The number of aliphatic hydroxyl groups is 1. The number of hydrogen-bond donors (Lipinski definition) is 1. The monoisotopic (exact) mass is 286 g/mol. The lowest BCUT2D eigenvalue weighted by atomic mass is 9.47. The zero-order valence-electron chi connectivity index (χ0n) is 13.7. The maximum Gasteiger partial charge on any atom is 0.0753 e. The van der Waals surface area contributed by atoms with Crippen molar-refractivity contribution in [2.24, 2.45) is 34.5 Å². The van der Waals surface area contributed by atoms with Gasteiger partial charge < -0.3 is 5.11 Å². The fourth-order valence-electron chi connectivity index (χ4n) is 7.95. The van der Waals surface area contributed by atoms with Gasteiger partial charge in [-0.2, -0.15) is 0 Å². The van der Waals surface area contributed by atoms with E-state index in [9.17, 15) is 5.11 Å². The molecule has 0 spiro atoms. The van der Waals surface area contributed by atoms with Gasteiger partial charge in [-0.1, -0.05) is 19.4 Å². The van der Waals surface area contributed by atoms with E-state index in [1.165, 1.54) is 56.9 Å². The molecule has 0 aromatic carbocycles. The van der Waals surface area contributed by atoms with E-state index in [0.29, 0.717) is 10.8 Å². The topological polar surface area (TPSA) is 20.2 Å². The Morgan fingerprint density at radius 1 is 0.952 bits per heavy atom. The van der Waals surface area contributed by atoms with Crippen LogP contribution in [0.3, 0.4) is 0 Å². The molecule has 0 aliphatic heterocycles. The molecule has 0 radical (unpaired) electrons. The van der Waals surface area contributed by atoms with Crippen LogP contribution in [0.15, 0.2) is 11.1 Å². The predicted molar refractivity (Wildman–Crippen MR) is 84.8 cm³/mol. The Morgan fingerprint density at radius 3 is 2.67 bits per heavy atom. The van der Waals surface area contributed by atoms with Crippen LogP contribution in [0.25, 0.3) is 0 Å². The van der Waals surface area contributed by atoms with Crippen molar-refractivity contribution in [1.29, 1.82) is 0 Å². The van der Waals surface area contributed by atoms with Crippen LogP contribution < -0.4 is 0 Å². The van der Waals surface area contributed by atoms with Gasteiger partial charge >= 0.3 is 0 Å². The van der Waals surface area contributed by atoms with Gasteiger partial charge in [-0.25, -0.2) is 0 Å². The van der Waals surface area contributed by atoms with Gasteiger partial charge in [-0.15, -0.1) is 0 Å². The van der Waals surface area contributed by atoms with E-state index in [0.717, 1.165) is 30.1 Å². The van der Waals surface area contributed by atoms with Crippen LogP contribution in [0.1, 0.15) is 71.6 Å². The van der Waals surface area contributed by atoms with Crippen LogP contribution in [-0.4, -0.2) is 11.2 Å².